The van der Waals surface area contributed by atoms with Crippen LogP contribution in [0.5, 0.6) is 0 Å². The van der Waals surface area contributed by atoms with Crippen LogP contribution >= 0.6 is 0 Å². The fourth-order valence-electron chi connectivity index (χ4n) is 0.673. The molecule has 4 heteroatoms. The number of hydrogen-bond donors (Lipinski definition) is 3. The van der Waals surface area contributed by atoms with Gasteiger partial charge < -0.3 is 10.8 Å². The molecule has 0 fully saturated rings. The SMILES string of the molecule is N/C(O)=C1/C=CC=CN1N. The summed E-state index contributed by atoms with van der Waals surface area (Å²) in [6.07, 6.45) is 6.70. The van der Waals surface area contributed by atoms with Crippen LogP contribution in [-0.4, -0.2) is 10.1 Å². The molecule has 0 bridgehead atoms. The Bertz CT molecular complexity index is 213. The maximum absolute atomic E-state index is 8.80. The molecule has 1 aliphatic heterocycles. The molecule has 0 aliphatic carbocycles. The fourth-order valence-corrected chi connectivity index (χ4v) is 0.673. The van der Waals surface area contributed by atoms with E-state index < -0.39 is 0 Å². The first-order valence-electron chi connectivity index (χ1n) is 2.79. The molecule has 0 unspecified atom stereocenters. The average Bonchev–Trinajstić information content (AvgIpc) is 1.88. The first kappa shape index (κ1) is 6.70. The Labute approximate surface area is 58.7 Å². The predicted molar refractivity (Wildman–Crippen MR) is 38.1 cm³/mol. The first-order valence-corrected chi connectivity index (χ1v) is 2.79. The minimum Gasteiger partial charge on any atom is -0.493 e. The minimum absolute atomic E-state index is 0.275. The van der Waals surface area contributed by atoms with Gasteiger partial charge in [0.2, 0.25) is 5.88 Å². The largest absolute Gasteiger partial charge is 0.493 e. The Morgan fingerprint density at radius 2 is 2.20 bits per heavy atom. The molecule has 0 saturated heterocycles. The Kier molecular flexibility index (Phi) is 1.64. The average molecular weight is 139 g/mol. The zero-order valence-electron chi connectivity index (χ0n) is 5.36. The molecule has 10 heavy (non-hydrogen) atoms. The van der Waals surface area contributed by atoms with Crippen molar-refractivity contribution < 1.29 is 5.11 Å². The third kappa shape index (κ3) is 1.11. The van der Waals surface area contributed by atoms with Crippen LogP contribution in [0.15, 0.2) is 36.0 Å². The summed E-state index contributed by atoms with van der Waals surface area (Å²) in [7, 11) is 0. The van der Waals surface area contributed by atoms with Gasteiger partial charge in [-0.1, -0.05) is 6.08 Å². The van der Waals surface area contributed by atoms with E-state index in [2.05, 4.69) is 0 Å². The number of aliphatic hydroxyl groups is 1. The number of hydrazine groups is 1. The van der Waals surface area contributed by atoms with E-state index in [4.69, 9.17) is 16.7 Å². The van der Waals surface area contributed by atoms with Gasteiger partial charge in [-0.05, 0) is 12.2 Å². The first-order chi connectivity index (χ1) is 4.72. The molecular formula is C6H9N3O. The molecule has 0 radical (unpaired) electrons. The van der Waals surface area contributed by atoms with Gasteiger partial charge in [0, 0.05) is 6.20 Å². The van der Waals surface area contributed by atoms with Gasteiger partial charge in [-0.15, -0.1) is 0 Å². The molecule has 1 aliphatic rings. The highest BCUT2D eigenvalue weighted by Crippen LogP contribution is 2.07. The highest BCUT2D eigenvalue weighted by molar-refractivity contribution is 5.27. The van der Waals surface area contributed by atoms with Crippen molar-refractivity contribution in [2.45, 2.75) is 0 Å². The zero-order chi connectivity index (χ0) is 7.56. The lowest BCUT2D eigenvalue weighted by Gasteiger charge is -2.16. The lowest BCUT2D eigenvalue weighted by atomic mass is 10.3. The maximum Gasteiger partial charge on any atom is 0.207 e. The number of aliphatic hydroxyl groups excluding tert-OH is 1. The highest BCUT2D eigenvalue weighted by atomic mass is 16.3. The maximum atomic E-state index is 8.80. The van der Waals surface area contributed by atoms with E-state index in [0.29, 0.717) is 5.70 Å². The quantitative estimate of drug-likeness (QED) is 0.324. The summed E-state index contributed by atoms with van der Waals surface area (Å²) in [5.74, 6) is 5.10. The fraction of sp³-hybridized carbons (Fsp3) is 0. The van der Waals surface area contributed by atoms with Gasteiger partial charge in [-0.3, -0.25) is 5.01 Å². The summed E-state index contributed by atoms with van der Waals surface area (Å²) in [5, 5.41) is 10.0. The van der Waals surface area contributed by atoms with Crippen molar-refractivity contribution in [2.24, 2.45) is 11.6 Å². The van der Waals surface area contributed by atoms with E-state index in [0.717, 1.165) is 0 Å². The predicted octanol–water partition coefficient (Wildman–Crippen LogP) is -0.0686. The lowest BCUT2D eigenvalue weighted by Crippen LogP contribution is -2.27. The van der Waals surface area contributed by atoms with Crippen LogP contribution in [0, 0.1) is 0 Å². The molecule has 1 rings (SSSR count). The van der Waals surface area contributed by atoms with Gasteiger partial charge in [0.15, 0.2) is 0 Å². The van der Waals surface area contributed by atoms with Crippen LogP contribution in [0.25, 0.3) is 0 Å². The molecule has 0 aromatic heterocycles. The Morgan fingerprint density at radius 1 is 1.50 bits per heavy atom. The molecular weight excluding hydrogens is 130 g/mol. The van der Waals surface area contributed by atoms with Gasteiger partial charge in [-0.25, -0.2) is 5.84 Å². The van der Waals surface area contributed by atoms with Crippen LogP contribution in [0.1, 0.15) is 0 Å². The summed E-state index contributed by atoms with van der Waals surface area (Å²) < 4.78 is 0. The van der Waals surface area contributed by atoms with Crippen molar-refractivity contribution in [1.82, 2.24) is 5.01 Å². The molecule has 0 saturated carbocycles. The van der Waals surface area contributed by atoms with Crippen molar-refractivity contribution in [3.8, 4) is 0 Å². The molecule has 54 valence electrons. The van der Waals surface area contributed by atoms with Crippen LogP contribution in [-0.2, 0) is 0 Å². The van der Waals surface area contributed by atoms with E-state index in [1.54, 1.807) is 24.4 Å². The van der Waals surface area contributed by atoms with Gasteiger partial charge >= 0.3 is 0 Å². The highest BCUT2D eigenvalue weighted by Gasteiger charge is 2.04. The topological polar surface area (TPSA) is 75.5 Å². The van der Waals surface area contributed by atoms with Crippen molar-refractivity contribution in [3.05, 3.63) is 36.0 Å². The molecule has 1 heterocycles. The van der Waals surface area contributed by atoms with E-state index in [1.165, 1.54) is 5.01 Å². The van der Waals surface area contributed by atoms with Crippen LogP contribution in [0.3, 0.4) is 0 Å². The second-order valence-corrected chi connectivity index (χ2v) is 1.88. The van der Waals surface area contributed by atoms with Gasteiger partial charge in [0.1, 0.15) is 5.70 Å². The summed E-state index contributed by atoms with van der Waals surface area (Å²) in [6, 6.07) is 0. The minimum atomic E-state index is -0.275. The van der Waals surface area contributed by atoms with E-state index >= 15 is 0 Å². The molecule has 0 atom stereocenters. The van der Waals surface area contributed by atoms with Crippen molar-refractivity contribution in [3.63, 3.8) is 0 Å². The van der Waals surface area contributed by atoms with E-state index in [9.17, 15) is 0 Å². The summed E-state index contributed by atoms with van der Waals surface area (Å²) >= 11 is 0. The molecule has 0 aromatic carbocycles. The monoisotopic (exact) mass is 139 g/mol. The van der Waals surface area contributed by atoms with Crippen molar-refractivity contribution in [1.29, 1.82) is 0 Å². The molecule has 0 amide bonds. The lowest BCUT2D eigenvalue weighted by molar-refractivity contribution is 0.367. The molecule has 4 nitrogen and oxygen atoms in total. The molecule has 5 N–H and O–H groups in total. The van der Waals surface area contributed by atoms with E-state index in [-0.39, 0.29) is 5.88 Å². The van der Waals surface area contributed by atoms with Crippen molar-refractivity contribution >= 4 is 0 Å². The summed E-state index contributed by atoms with van der Waals surface area (Å²) in [4.78, 5) is 0. The van der Waals surface area contributed by atoms with Gasteiger partial charge in [0.25, 0.3) is 0 Å². The Hall–Kier alpha value is -1.42. The van der Waals surface area contributed by atoms with Crippen molar-refractivity contribution in [2.75, 3.05) is 0 Å². The van der Waals surface area contributed by atoms with Crippen LogP contribution < -0.4 is 11.6 Å². The van der Waals surface area contributed by atoms with Gasteiger partial charge in [-0.2, -0.15) is 0 Å². The number of rotatable bonds is 0. The van der Waals surface area contributed by atoms with E-state index in [1.807, 2.05) is 0 Å². The second kappa shape index (κ2) is 2.45. The third-order valence-corrected chi connectivity index (χ3v) is 1.15. The second-order valence-electron chi connectivity index (χ2n) is 1.88. The molecule has 0 spiro atoms. The van der Waals surface area contributed by atoms with Crippen LogP contribution in [0.4, 0.5) is 0 Å². The number of allylic oxidation sites excluding steroid dienone is 3. The Morgan fingerprint density at radius 3 is 2.60 bits per heavy atom. The number of hydrogen-bond acceptors (Lipinski definition) is 4. The molecule has 0 aromatic rings. The third-order valence-electron chi connectivity index (χ3n) is 1.15. The number of nitrogens with two attached hydrogens (primary N) is 2. The number of nitrogens with zero attached hydrogens (tertiary/aromatic N) is 1. The summed E-state index contributed by atoms with van der Waals surface area (Å²) in [5.41, 5.74) is 5.49. The Balaban J connectivity index is 2.91. The standard InChI is InChI=1S/C6H9N3O/c7-6(10)5-3-1-2-4-9(5)8/h1-4,10H,7-8H2/b6-5+. The smallest absolute Gasteiger partial charge is 0.207 e. The summed E-state index contributed by atoms with van der Waals surface area (Å²) in [6.45, 7) is 0. The van der Waals surface area contributed by atoms with Crippen LogP contribution in [0.2, 0.25) is 0 Å². The van der Waals surface area contributed by atoms with Gasteiger partial charge in [0.05, 0.1) is 0 Å². The normalized spacial score (nSPS) is 21.5. The zero-order valence-corrected chi connectivity index (χ0v) is 5.36.